The van der Waals surface area contributed by atoms with E-state index in [0.29, 0.717) is 0 Å². The van der Waals surface area contributed by atoms with Crippen molar-refractivity contribution in [3.63, 3.8) is 0 Å². The highest BCUT2D eigenvalue weighted by Gasteiger charge is 2.56. The minimum absolute atomic E-state index is 0.768. The van der Waals surface area contributed by atoms with E-state index in [1.807, 2.05) is 0 Å². The second-order valence-electron chi connectivity index (χ2n) is 11.4. The zero-order valence-electron chi connectivity index (χ0n) is 24.5. The zero-order chi connectivity index (χ0) is 34.0. The molecule has 0 aromatic rings. The number of rotatable bonds is 11. The van der Waals surface area contributed by atoms with E-state index in [0.717, 1.165) is 7.11 Å². The highest BCUT2D eigenvalue weighted by Crippen LogP contribution is 2.36. The van der Waals surface area contributed by atoms with Gasteiger partial charge in [0.15, 0.2) is 25.2 Å². The lowest BCUT2D eigenvalue weighted by molar-refractivity contribution is -0.405. The molecule has 46 heavy (non-hydrogen) atoms. The van der Waals surface area contributed by atoms with Crippen LogP contribution in [0.3, 0.4) is 0 Å². The number of methoxy groups -OCH3 is 1. The molecule has 0 saturated carbocycles. The van der Waals surface area contributed by atoms with Crippen molar-refractivity contribution >= 4 is 0 Å². The summed E-state index contributed by atoms with van der Waals surface area (Å²) in [5, 5.41) is 134. The van der Waals surface area contributed by atoms with E-state index in [1.54, 1.807) is 0 Å². The topological polar surface area (TPSA) is 337 Å². The third-order valence-electron chi connectivity index (χ3n) is 8.45. The van der Waals surface area contributed by atoms with Gasteiger partial charge >= 0.3 is 0 Å². The Kier molecular flexibility index (Phi) is 13.4. The Hall–Kier alpha value is -0.840. The first-order valence-electron chi connectivity index (χ1n) is 14.5. The first-order chi connectivity index (χ1) is 21.8. The lowest BCUT2D eigenvalue weighted by Gasteiger charge is -2.50. The van der Waals surface area contributed by atoms with Crippen molar-refractivity contribution in [2.75, 3.05) is 33.5 Å². The summed E-state index contributed by atoms with van der Waals surface area (Å²) in [6, 6.07) is 0. The zero-order valence-corrected chi connectivity index (χ0v) is 24.5. The van der Waals surface area contributed by atoms with Crippen molar-refractivity contribution in [3.05, 3.63) is 0 Å². The molecule has 270 valence electrons. The molecule has 4 rings (SSSR count). The van der Waals surface area contributed by atoms with E-state index < -0.39 is 149 Å². The maximum absolute atomic E-state index is 11.2. The van der Waals surface area contributed by atoms with E-state index in [4.69, 9.17) is 37.9 Å². The fraction of sp³-hybridized carbons (Fsp3) is 1.00. The van der Waals surface area contributed by atoms with Gasteiger partial charge in [-0.2, -0.15) is 0 Å². The summed E-state index contributed by atoms with van der Waals surface area (Å²) in [7, 11) is 1.15. The molecular formula is C25H44O21. The van der Waals surface area contributed by atoms with Crippen LogP contribution in [0, 0.1) is 0 Å². The highest BCUT2D eigenvalue weighted by atomic mass is 16.8. The summed E-state index contributed by atoms with van der Waals surface area (Å²) >= 11 is 0. The Labute approximate surface area is 261 Å². The summed E-state index contributed by atoms with van der Waals surface area (Å²) in [5.74, 6) is 0. The largest absolute Gasteiger partial charge is 0.394 e. The lowest BCUT2D eigenvalue weighted by Crippen LogP contribution is -2.68. The summed E-state index contributed by atoms with van der Waals surface area (Å²) in [4.78, 5) is 0. The van der Waals surface area contributed by atoms with E-state index in [9.17, 15) is 66.4 Å². The van der Waals surface area contributed by atoms with Crippen LogP contribution in [0.5, 0.6) is 0 Å². The predicted molar refractivity (Wildman–Crippen MR) is 139 cm³/mol. The lowest BCUT2D eigenvalue weighted by atomic mass is 9.95. The van der Waals surface area contributed by atoms with Gasteiger partial charge in [0.25, 0.3) is 0 Å². The summed E-state index contributed by atoms with van der Waals surface area (Å²) in [5.41, 5.74) is 0. The van der Waals surface area contributed by atoms with Crippen molar-refractivity contribution in [3.8, 4) is 0 Å². The molecule has 20 atom stereocenters. The van der Waals surface area contributed by atoms with Gasteiger partial charge in [-0.05, 0) is 0 Å². The molecule has 4 aliphatic rings. The van der Waals surface area contributed by atoms with Crippen molar-refractivity contribution < 1.29 is 104 Å². The molecule has 0 radical (unpaired) electrons. The van der Waals surface area contributed by atoms with E-state index in [2.05, 4.69) is 0 Å². The van der Waals surface area contributed by atoms with Crippen LogP contribution in [0.2, 0.25) is 0 Å². The fourth-order valence-corrected chi connectivity index (χ4v) is 5.77. The number of aliphatic hydroxyl groups excluding tert-OH is 13. The van der Waals surface area contributed by atoms with E-state index in [-0.39, 0.29) is 0 Å². The number of aliphatic hydroxyl groups is 13. The molecule has 21 nitrogen and oxygen atoms in total. The molecule has 0 amide bonds. The minimum Gasteiger partial charge on any atom is -0.394 e. The Morgan fingerprint density at radius 3 is 1.39 bits per heavy atom. The smallest absolute Gasteiger partial charge is 0.187 e. The minimum atomic E-state index is -2.01. The number of hydrogen-bond acceptors (Lipinski definition) is 21. The first kappa shape index (κ1) is 38.0. The number of hydrogen-bond donors (Lipinski definition) is 13. The van der Waals surface area contributed by atoms with Crippen molar-refractivity contribution in [1.29, 1.82) is 0 Å². The predicted octanol–water partition coefficient (Wildman–Crippen LogP) is -9.09. The van der Waals surface area contributed by atoms with Gasteiger partial charge in [0.05, 0.1) is 26.4 Å². The van der Waals surface area contributed by atoms with Gasteiger partial charge in [-0.1, -0.05) is 0 Å². The van der Waals surface area contributed by atoms with Crippen LogP contribution in [-0.4, -0.2) is 223 Å². The molecule has 0 aliphatic carbocycles. The van der Waals surface area contributed by atoms with Gasteiger partial charge in [-0.15, -0.1) is 0 Å². The summed E-state index contributed by atoms with van der Waals surface area (Å²) in [6.45, 7) is -3.39. The molecule has 0 aromatic carbocycles. The quantitative estimate of drug-likeness (QED) is 0.0963. The molecule has 0 unspecified atom stereocenters. The average molecular weight is 681 g/mol. The number of ether oxygens (including phenoxy) is 8. The Bertz CT molecular complexity index is 930. The molecule has 4 aliphatic heterocycles. The van der Waals surface area contributed by atoms with Gasteiger partial charge in [-0.25, -0.2) is 0 Å². The Balaban J connectivity index is 1.71. The molecule has 0 spiro atoms. The van der Waals surface area contributed by atoms with Crippen molar-refractivity contribution in [2.45, 2.75) is 123 Å². The molecule has 13 N–H and O–H groups in total. The van der Waals surface area contributed by atoms with Crippen LogP contribution in [0.15, 0.2) is 0 Å². The molecule has 4 fully saturated rings. The Morgan fingerprint density at radius 1 is 0.391 bits per heavy atom. The van der Waals surface area contributed by atoms with Gasteiger partial charge in [0.1, 0.15) is 97.7 Å². The van der Waals surface area contributed by atoms with Crippen LogP contribution in [-0.2, 0) is 37.9 Å². The average Bonchev–Trinajstić information content (AvgIpc) is 3.04. The van der Waals surface area contributed by atoms with E-state index in [1.165, 1.54) is 0 Å². The first-order valence-corrected chi connectivity index (χ1v) is 14.5. The molecule has 4 saturated heterocycles. The molecule has 0 bridgehead atoms. The Morgan fingerprint density at radius 2 is 0.848 bits per heavy atom. The standard InChI is InChI=1S/C25H44O21/c1-39-19-11(31)7(3-27)42-24(17(19)37)45-20-12(32)8(4-28)43-25(44-18-9(5-29)40-22(38)15(35)14(18)34)21(20)46-23-16(36)13(33)10(30)6(2-26)41-23/h6-38H,2-5H2,1H3/t6-,7-,8-,9-,10+,11+,12+,13+,14-,15-,16-,17-,18-,19+,20+,21-,22-,23-,24-,25+/m1/s1. The molecule has 4 heterocycles. The summed E-state index contributed by atoms with van der Waals surface area (Å²) in [6.07, 6.45) is -35.1. The monoisotopic (exact) mass is 680 g/mol. The maximum atomic E-state index is 11.2. The van der Waals surface area contributed by atoms with Crippen LogP contribution in [0.1, 0.15) is 0 Å². The van der Waals surface area contributed by atoms with Crippen LogP contribution in [0.25, 0.3) is 0 Å². The van der Waals surface area contributed by atoms with Gasteiger partial charge in [0, 0.05) is 7.11 Å². The normalized spacial score (nSPS) is 52.0. The van der Waals surface area contributed by atoms with Gasteiger partial charge < -0.3 is 104 Å². The third kappa shape index (κ3) is 7.50. The third-order valence-corrected chi connectivity index (χ3v) is 8.45. The molecule has 0 aromatic heterocycles. The van der Waals surface area contributed by atoms with E-state index >= 15 is 0 Å². The molecule has 21 heteroatoms. The summed E-state index contributed by atoms with van der Waals surface area (Å²) < 4.78 is 44.4. The van der Waals surface area contributed by atoms with Crippen molar-refractivity contribution in [1.82, 2.24) is 0 Å². The van der Waals surface area contributed by atoms with Gasteiger partial charge in [0.2, 0.25) is 0 Å². The molecular weight excluding hydrogens is 636 g/mol. The second kappa shape index (κ2) is 16.2. The van der Waals surface area contributed by atoms with Crippen molar-refractivity contribution in [2.24, 2.45) is 0 Å². The SMILES string of the molecule is CO[C@H]1[C@@H](O)[C@@H](CO)O[C@H](O[C@H]2[C@@H](O)[C@@H](CO)O[C@@H](O[C@H]3[C@H](O)[C@@H](O)[C@H](O)O[C@@H]3CO)[C@@H]2O[C@H]2O[C@H](CO)[C@H](O)[C@H](O)[C@H]2O)[C@@H]1O. The fourth-order valence-electron chi connectivity index (χ4n) is 5.77. The highest BCUT2D eigenvalue weighted by molar-refractivity contribution is 4.98. The van der Waals surface area contributed by atoms with Crippen LogP contribution >= 0.6 is 0 Å². The van der Waals surface area contributed by atoms with Crippen LogP contribution in [0.4, 0.5) is 0 Å². The second-order valence-corrected chi connectivity index (χ2v) is 11.4. The van der Waals surface area contributed by atoms with Crippen LogP contribution < -0.4 is 0 Å². The van der Waals surface area contributed by atoms with Gasteiger partial charge in [-0.3, -0.25) is 0 Å². The maximum Gasteiger partial charge on any atom is 0.187 e.